The molecule has 0 spiro atoms. The van der Waals surface area contributed by atoms with E-state index in [1.54, 1.807) is 48.5 Å². The van der Waals surface area contributed by atoms with Crippen molar-refractivity contribution in [3.63, 3.8) is 0 Å². The molecule has 9 heteroatoms. The highest BCUT2D eigenvalue weighted by Crippen LogP contribution is 2.28. The van der Waals surface area contributed by atoms with E-state index < -0.39 is 11.8 Å². The highest BCUT2D eigenvalue weighted by Gasteiger charge is 2.14. The molecule has 0 saturated heterocycles. The number of amides is 2. The monoisotopic (exact) mass is 444 g/mol. The minimum Gasteiger partial charge on any atom is -0.497 e. The second-order valence-corrected chi connectivity index (χ2v) is 6.74. The molecule has 1 heterocycles. The van der Waals surface area contributed by atoms with E-state index in [0.717, 1.165) is 0 Å². The summed E-state index contributed by atoms with van der Waals surface area (Å²) >= 11 is 5.83. The predicted molar refractivity (Wildman–Crippen MR) is 115 cm³/mol. The molecule has 0 fully saturated rings. The first kappa shape index (κ1) is 22.0. The van der Waals surface area contributed by atoms with Crippen LogP contribution in [-0.4, -0.2) is 32.6 Å². The summed E-state index contributed by atoms with van der Waals surface area (Å²) < 4.78 is 21.4. The van der Waals surface area contributed by atoms with Gasteiger partial charge in [0.15, 0.2) is 5.76 Å². The fourth-order valence-corrected chi connectivity index (χ4v) is 2.74. The Morgan fingerprint density at radius 2 is 1.71 bits per heavy atom. The van der Waals surface area contributed by atoms with Crippen LogP contribution in [0.1, 0.15) is 16.3 Å². The van der Waals surface area contributed by atoms with Gasteiger partial charge in [0.25, 0.3) is 5.91 Å². The van der Waals surface area contributed by atoms with Crippen LogP contribution in [0.25, 0.3) is 0 Å². The predicted octanol–water partition coefficient (Wildman–Crippen LogP) is 3.90. The maximum atomic E-state index is 12.3. The molecule has 2 aromatic carbocycles. The fraction of sp³-hybridized carbons (Fsp3) is 0.182. The molecule has 2 N–H and O–H groups in total. The summed E-state index contributed by atoms with van der Waals surface area (Å²) in [6, 6.07) is 15.0. The molecule has 3 aromatic rings. The number of ether oxygens (including phenoxy) is 3. The van der Waals surface area contributed by atoms with Gasteiger partial charge in [0.1, 0.15) is 29.6 Å². The lowest BCUT2D eigenvalue weighted by Crippen LogP contribution is -2.32. The Labute approximate surface area is 184 Å². The average molecular weight is 445 g/mol. The molecule has 31 heavy (non-hydrogen) atoms. The number of hydrogen-bond acceptors (Lipinski definition) is 6. The molecule has 1 aromatic heterocycles. The van der Waals surface area contributed by atoms with Crippen molar-refractivity contribution >= 4 is 29.1 Å². The van der Waals surface area contributed by atoms with Crippen molar-refractivity contribution in [2.45, 2.75) is 6.61 Å². The summed E-state index contributed by atoms with van der Waals surface area (Å²) in [7, 11) is 3.01. The minimum absolute atomic E-state index is 0.0708. The Bertz CT molecular complexity index is 1050. The number of anilines is 1. The van der Waals surface area contributed by atoms with Gasteiger partial charge in [-0.1, -0.05) is 11.6 Å². The van der Waals surface area contributed by atoms with Gasteiger partial charge in [-0.25, -0.2) is 0 Å². The Balaban J connectivity index is 1.50. The first-order chi connectivity index (χ1) is 15.0. The Morgan fingerprint density at radius 1 is 0.968 bits per heavy atom. The van der Waals surface area contributed by atoms with E-state index in [0.29, 0.717) is 33.7 Å². The lowest BCUT2D eigenvalue weighted by atomic mass is 10.2. The van der Waals surface area contributed by atoms with Crippen molar-refractivity contribution in [3.05, 3.63) is 71.1 Å². The molecule has 0 saturated carbocycles. The molecule has 0 aliphatic carbocycles. The quantitative estimate of drug-likeness (QED) is 0.519. The van der Waals surface area contributed by atoms with Gasteiger partial charge in [0.2, 0.25) is 5.91 Å². The summed E-state index contributed by atoms with van der Waals surface area (Å²) in [6.45, 7) is -0.110. The third-order valence-corrected chi connectivity index (χ3v) is 4.42. The zero-order chi connectivity index (χ0) is 22.2. The summed E-state index contributed by atoms with van der Waals surface area (Å²) in [5.74, 6) is 1.23. The molecule has 2 amide bonds. The molecule has 3 rings (SSSR count). The van der Waals surface area contributed by atoms with Crippen LogP contribution in [0.15, 0.2) is 59.0 Å². The van der Waals surface area contributed by atoms with Gasteiger partial charge >= 0.3 is 0 Å². The molecule has 0 aliphatic rings. The summed E-state index contributed by atoms with van der Waals surface area (Å²) in [6.07, 6.45) is 0. The van der Waals surface area contributed by atoms with E-state index in [2.05, 4.69) is 10.6 Å². The van der Waals surface area contributed by atoms with Gasteiger partial charge in [0, 0.05) is 11.1 Å². The Hall–Kier alpha value is -3.65. The van der Waals surface area contributed by atoms with Gasteiger partial charge < -0.3 is 29.3 Å². The molecule has 0 aliphatic heterocycles. The van der Waals surface area contributed by atoms with Crippen LogP contribution in [0.3, 0.4) is 0 Å². The summed E-state index contributed by atoms with van der Waals surface area (Å²) in [5, 5.41) is 5.79. The summed E-state index contributed by atoms with van der Waals surface area (Å²) in [4.78, 5) is 24.5. The van der Waals surface area contributed by atoms with Crippen LogP contribution in [0.5, 0.6) is 17.2 Å². The van der Waals surface area contributed by atoms with Gasteiger partial charge in [-0.05, 0) is 48.5 Å². The second kappa shape index (κ2) is 10.4. The van der Waals surface area contributed by atoms with Crippen LogP contribution >= 0.6 is 11.6 Å². The number of furan rings is 1. The standard InChI is InChI=1S/C22H21ClN2O6/c1-28-16-7-9-19(29-2)18(11-16)25-21(26)12-24-22(27)20-10-8-17(31-20)13-30-15-5-3-14(23)4-6-15/h3-11H,12-13H2,1-2H3,(H,24,27)(H,25,26). The third kappa shape index (κ3) is 6.16. The molecular weight excluding hydrogens is 424 g/mol. The molecule has 0 unspecified atom stereocenters. The van der Waals surface area contributed by atoms with Crippen LogP contribution < -0.4 is 24.8 Å². The Kier molecular flexibility index (Phi) is 7.40. The highest BCUT2D eigenvalue weighted by molar-refractivity contribution is 6.30. The zero-order valence-corrected chi connectivity index (χ0v) is 17.7. The van der Waals surface area contributed by atoms with E-state index in [1.807, 2.05) is 0 Å². The van der Waals surface area contributed by atoms with Gasteiger partial charge in [-0.2, -0.15) is 0 Å². The van der Waals surface area contributed by atoms with Crippen LogP contribution in [0, 0.1) is 0 Å². The maximum absolute atomic E-state index is 12.3. The lowest BCUT2D eigenvalue weighted by molar-refractivity contribution is -0.115. The van der Waals surface area contributed by atoms with Crippen molar-refractivity contribution in [1.29, 1.82) is 0 Å². The van der Waals surface area contributed by atoms with Crippen molar-refractivity contribution < 1.29 is 28.2 Å². The minimum atomic E-state index is -0.523. The normalized spacial score (nSPS) is 10.3. The van der Waals surface area contributed by atoms with E-state index >= 15 is 0 Å². The Morgan fingerprint density at radius 3 is 2.42 bits per heavy atom. The molecule has 8 nitrogen and oxygen atoms in total. The number of halogens is 1. The van der Waals surface area contributed by atoms with E-state index in [1.165, 1.54) is 20.3 Å². The van der Waals surface area contributed by atoms with Crippen LogP contribution in [0.2, 0.25) is 5.02 Å². The summed E-state index contributed by atoms with van der Waals surface area (Å²) in [5.41, 5.74) is 0.431. The lowest BCUT2D eigenvalue weighted by Gasteiger charge is -2.12. The number of benzene rings is 2. The molecule has 0 atom stereocenters. The van der Waals surface area contributed by atoms with Crippen molar-refractivity contribution in [2.24, 2.45) is 0 Å². The first-order valence-electron chi connectivity index (χ1n) is 9.25. The van der Waals surface area contributed by atoms with Gasteiger partial charge in [0.05, 0.1) is 26.5 Å². The van der Waals surface area contributed by atoms with Gasteiger partial charge in [-0.15, -0.1) is 0 Å². The highest BCUT2D eigenvalue weighted by atomic mass is 35.5. The molecule has 0 bridgehead atoms. The van der Waals surface area contributed by atoms with Crippen molar-refractivity contribution in [1.82, 2.24) is 5.32 Å². The topological polar surface area (TPSA) is 99.0 Å². The van der Waals surface area contributed by atoms with Gasteiger partial charge in [-0.3, -0.25) is 9.59 Å². The zero-order valence-electron chi connectivity index (χ0n) is 16.9. The van der Waals surface area contributed by atoms with Crippen molar-refractivity contribution in [3.8, 4) is 17.2 Å². The first-order valence-corrected chi connectivity index (χ1v) is 9.63. The largest absolute Gasteiger partial charge is 0.497 e. The molecule has 0 radical (unpaired) electrons. The third-order valence-electron chi connectivity index (χ3n) is 4.17. The van der Waals surface area contributed by atoms with Crippen LogP contribution in [0.4, 0.5) is 5.69 Å². The number of nitrogens with one attached hydrogen (secondary N) is 2. The number of methoxy groups -OCH3 is 2. The second-order valence-electron chi connectivity index (χ2n) is 6.31. The number of carbonyl (C=O) groups excluding carboxylic acids is 2. The van der Waals surface area contributed by atoms with E-state index in [9.17, 15) is 9.59 Å². The van der Waals surface area contributed by atoms with E-state index in [4.69, 9.17) is 30.2 Å². The maximum Gasteiger partial charge on any atom is 0.287 e. The van der Waals surface area contributed by atoms with Crippen molar-refractivity contribution in [2.75, 3.05) is 26.1 Å². The van der Waals surface area contributed by atoms with Crippen LogP contribution in [-0.2, 0) is 11.4 Å². The fourth-order valence-electron chi connectivity index (χ4n) is 2.62. The average Bonchev–Trinajstić information content (AvgIpc) is 3.26. The van der Waals surface area contributed by atoms with E-state index in [-0.39, 0.29) is 18.9 Å². The SMILES string of the molecule is COc1ccc(OC)c(NC(=O)CNC(=O)c2ccc(COc3ccc(Cl)cc3)o2)c1. The number of rotatable bonds is 9. The number of carbonyl (C=O) groups is 2. The molecule has 162 valence electrons. The number of hydrogen-bond donors (Lipinski definition) is 2. The molecular formula is C22H21ClN2O6. The smallest absolute Gasteiger partial charge is 0.287 e.